The Labute approximate surface area is 120 Å². The van der Waals surface area contributed by atoms with Gasteiger partial charge in [-0.15, -0.1) is 0 Å². The van der Waals surface area contributed by atoms with Crippen LogP contribution in [0.4, 0.5) is 15.8 Å². The Hall–Kier alpha value is -1.72. The Morgan fingerprint density at radius 1 is 1.32 bits per heavy atom. The molecule has 0 atom stereocenters. The monoisotopic (exact) mass is 295 g/mol. The van der Waals surface area contributed by atoms with Gasteiger partial charge in [-0.3, -0.25) is 4.98 Å². The van der Waals surface area contributed by atoms with Crippen molar-refractivity contribution in [3.05, 3.63) is 53.1 Å². The number of thiocarbonyl (C=S) groups is 1. The molecule has 3 nitrogen and oxygen atoms in total. The van der Waals surface area contributed by atoms with Crippen LogP contribution >= 0.6 is 23.8 Å². The second kappa shape index (κ2) is 5.95. The van der Waals surface area contributed by atoms with Gasteiger partial charge in [0, 0.05) is 11.9 Å². The second-order valence-corrected chi connectivity index (χ2v) is 4.66. The number of halogens is 2. The van der Waals surface area contributed by atoms with E-state index in [2.05, 4.69) is 15.6 Å². The molecule has 6 heteroatoms. The minimum atomic E-state index is -0.464. The highest BCUT2D eigenvalue weighted by atomic mass is 35.5. The van der Waals surface area contributed by atoms with Crippen molar-refractivity contribution < 1.29 is 4.39 Å². The van der Waals surface area contributed by atoms with Crippen molar-refractivity contribution in [3.63, 3.8) is 0 Å². The number of rotatable bonds is 2. The molecule has 2 N–H and O–H groups in total. The predicted molar refractivity (Wildman–Crippen MR) is 80.2 cm³/mol. The minimum Gasteiger partial charge on any atom is -0.332 e. The minimum absolute atomic E-state index is 0.0466. The third kappa shape index (κ3) is 3.62. The van der Waals surface area contributed by atoms with Crippen molar-refractivity contribution in [1.29, 1.82) is 0 Å². The highest BCUT2D eigenvalue weighted by Crippen LogP contribution is 2.19. The van der Waals surface area contributed by atoms with Gasteiger partial charge in [-0.05, 0) is 49.5 Å². The first kappa shape index (κ1) is 13.7. The molecule has 1 aromatic carbocycles. The molecule has 0 aliphatic heterocycles. The van der Waals surface area contributed by atoms with Crippen LogP contribution in [0.1, 0.15) is 5.69 Å². The first-order valence-corrected chi connectivity index (χ1v) is 6.29. The van der Waals surface area contributed by atoms with Gasteiger partial charge in [-0.25, -0.2) is 4.39 Å². The normalized spacial score (nSPS) is 10.1. The first-order valence-electron chi connectivity index (χ1n) is 5.51. The van der Waals surface area contributed by atoms with Gasteiger partial charge in [0.15, 0.2) is 5.11 Å². The molecule has 1 heterocycles. The summed E-state index contributed by atoms with van der Waals surface area (Å²) >= 11 is 10.9. The van der Waals surface area contributed by atoms with Crippen LogP contribution in [0, 0.1) is 12.7 Å². The molecule has 0 fully saturated rings. The maximum atomic E-state index is 13.0. The number of nitrogens with one attached hydrogen (secondary N) is 2. The highest BCUT2D eigenvalue weighted by Gasteiger charge is 2.04. The Balaban J connectivity index is 2.05. The average Bonchev–Trinajstić information content (AvgIpc) is 2.37. The maximum Gasteiger partial charge on any atom is 0.175 e. The van der Waals surface area contributed by atoms with Crippen molar-refractivity contribution in [2.45, 2.75) is 6.92 Å². The lowest BCUT2D eigenvalue weighted by atomic mass is 10.3. The Bertz CT molecular complexity index is 619. The van der Waals surface area contributed by atoms with Crippen molar-refractivity contribution in [2.24, 2.45) is 0 Å². The zero-order valence-electron chi connectivity index (χ0n) is 10.1. The molecule has 2 aromatic rings. The van der Waals surface area contributed by atoms with Gasteiger partial charge in [-0.2, -0.15) is 0 Å². The zero-order valence-corrected chi connectivity index (χ0v) is 11.6. The SMILES string of the molecule is Cc1ncccc1NC(=S)Nc1ccc(F)c(Cl)c1. The van der Waals surface area contributed by atoms with Gasteiger partial charge in [0.2, 0.25) is 0 Å². The van der Waals surface area contributed by atoms with Gasteiger partial charge in [0.25, 0.3) is 0 Å². The van der Waals surface area contributed by atoms with Crippen LogP contribution in [0.2, 0.25) is 5.02 Å². The largest absolute Gasteiger partial charge is 0.332 e. The molecular weight excluding hydrogens is 285 g/mol. The Morgan fingerprint density at radius 2 is 2.11 bits per heavy atom. The number of anilines is 2. The predicted octanol–water partition coefficient (Wildman–Crippen LogP) is 3.99. The highest BCUT2D eigenvalue weighted by molar-refractivity contribution is 7.80. The molecule has 0 bridgehead atoms. The van der Waals surface area contributed by atoms with E-state index in [0.29, 0.717) is 10.8 Å². The van der Waals surface area contributed by atoms with Crippen molar-refractivity contribution in [2.75, 3.05) is 10.6 Å². The fraction of sp³-hybridized carbons (Fsp3) is 0.0769. The molecule has 98 valence electrons. The molecule has 0 unspecified atom stereocenters. The number of nitrogens with zero attached hydrogens (tertiary/aromatic N) is 1. The van der Waals surface area contributed by atoms with Gasteiger partial charge in [0.05, 0.1) is 16.4 Å². The fourth-order valence-electron chi connectivity index (χ4n) is 1.47. The lowest BCUT2D eigenvalue weighted by Gasteiger charge is -2.12. The number of pyridine rings is 1. The number of hydrogen-bond donors (Lipinski definition) is 2. The van der Waals surface area contributed by atoms with E-state index >= 15 is 0 Å². The van der Waals surface area contributed by atoms with Crippen LogP contribution in [-0.2, 0) is 0 Å². The molecule has 2 rings (SSSR count). The lowest BCUT2D eigenvalue weighted by molar-refractivity contribution is 0.628. The smallest absolute Gasteiger partial charge is 0.175 e. The molecule has 0 spiro atoms. The average molecular weight is 296 g/mol. The molecule has 0 radical (unpaired) electrons. The maximum absolute atomic E-state index is 13.0. The van der Waals surface area contributed by atoms with E-state index in [-0.39, 0.29) is 5.02 Å². The fourth-order valence-corrected chi connectivity index (χ4v) is 1.88. The van der Waals surface area contributed by atoms with Crippen LogP contribution in [0.15, 0.2) is 36.5 Å². The summed E-state index contributed by atoms with van der Waals surface area (Å²) in [5.74, 6) is -0.464. The molecule has 0 amide bonds. The third-order valence-corrected chi connectivity index (χ3v) is 2.93. The van der Waals surface area contributed by atoms with Gasteiger partial charge < -0.3 is 10.6 Å². The van der Waals surface area contributed by atoms with Crippen molar-refractivity contribution in [3.8, 4) is 0 Å². The quantitative estimate of drug-likeness (QED) is 0.822. The Kier molecular flexibility index (Phi) is 4.29. The molecule has 0 aliphatic rings. The number of aryl methyl sites for hydroxylation is 1. The van der Waals surface area contributed by atoms with E-state index < -0.39 is 5.82 Å². The van der Waals surface area contributed by atoms with Crippen LogP contribution in [0.3, 0.4) is 0 Å². The van der Waals surface area contributed by atoms with Crippen molar-refractivity contribution in [1.82, 2.24) is 4.98 Å². The number of aromatic nitrogens is 1. The van der Waals surface area contributed by atoms with Crippen LogP contribution in [0.5, 0.6) is 0 Å². The van der Waals surface area contributed by atoms with Crippen LogP contribution in [-0.4, -0.2) is 10.1 Å². The van der Waals surface area contributed by atoms with Gasteiger partial charge in [0.1, 0.15) is 5.82 Å². The van der Waals surface area contributed by atoms with E-state index in [0.717, 1.165) is 11.4 Å². The molecular formula is C13H11ClFN3S. The van der Waals surface area contributed by atoms with E-state index in [1.54, 1.807) is 12.3 Å². The Morgan fingerprint density at radius 3 is 2.79 bits per heavy atom. The summed E-state index contributed by atoms with van der Waals surface area (Å²) in [4.78, 5) is 4.14. The summed E-state index contributed by atoms with van der Waals surface area (Å²) in [7, 11) is 0. The van der Waals surface area contributed by atoms with E-state index in [1.165, 1.54) is 12.1 Å². The van der Waals surface area contributed by atoms with E-state index in [9.17, 15) is 4.39 Å². The zero-order chi connectivity index (χ0) is 13.8. The molecule has 0 saturated carbocycles. The number of benzene rings is 1. The third-order valence-electron chi connectivity index (χ3n) is 2.43. The number of hydrogen-bond acceptors (Lipinski definition) is 2. The summed E-state index contributed by atoms with van der Waals surface area (Å²) in [5, 5.41) is 6.38. The first-order chi connectivity index (χ1) is 9.06. The molecule has 0 aliphatic carbocycles. The van der Waals surface area contributed by atoms with Gasteiger partial charge in [-0.1, -0.05) is 11.6 Å². The summed E-state index contributed by atoms with van der Waals surface area (Å²) in [6.07, 6.45) is 1.71. The second-order valence-electron chi connectivity index (χ2n) is 3.84. The van der Waals surface area contributed by atoms with E-state index in [1.807, 2.05) is 19.1 Å². The van der Waals surface area contributed by atoms with Crippen LogP contribution in [0.25, 0.3) is 0 Å². The summed E-state index contributed by atoms with van der Waals surface area (Å²) in [6, 6.07) is 8.00. The van der Waals surface area contributed by atoms with Crippen LogP contribution < -0.4 is 10.6 Å². The summed E-state index contributed by atoms with van der Waals surface area (Å²) in [6.45, 7) is 1.87. The topological polar surface area (TPSA) is 37.0 Å². The lowest BCUT2D eigenvalue weighted by Crippen LogP contribution is -2.19. The molecule has 19 heavy (non-hydrogen) atoms. The standard InChI is InChI=1S/C13H11ClFN3S/c1-8-12(3-2-6-16-8)18-13(19)17-9-4-5-11(15)10(14)7-9/h2-7H,1H3,(H2,17,18,19). The summed E-state index contributed by atoms with van der Waals surface area (Å²) < 4.78 is 13.0. The van der Waals surface area contributed by atoms with Crippen molar-refractivity contribution >= 4 is 40.3 Å². The van der Waals surface area contributed by atoms with E-state index in [4.69, 9.17) is 23.8 Å². The molecule has 0 saturated heterocycles. The van der Waals surface area contributed by atoms with Gasteiger partial charge >= 0.3 is 0 Å². The molecule has 1 aromatic heterocycles. The summed E-state index contributed by atoms with van der Waals surface area (Å²) in [5.41, 5.74) is 2.27.